The van der Waals surface area contributed by atoms with E-state index in [1.54, 1.807) is 6.07 Å². The maximum atomic E-state index is 13.2. The van der Waals surface area contributed by atoms with Gasteiger partial charge in [-0.3, -0.25) is 4.79 Å². The number of carbonyl (C=O) groups excluding carboxylic acids is 1. The third-order valence-electron chi connectivity index (χ3n) is 6.61. The molecule has 0 spiro atoms. The maximum Gasteiger partial charge on any atom is 0.318 e. The summed E-state index contributed by atoms with van der Waals surface area (Å²) < 4.78 is 10.8. The molecule has 1 aromatic heterocycles. The lowest BCUT2D eigenvalue weighted by molar-refractivity contribution is -0.127. The second-order valence-electron chi connectivity index (χ2n) is 9.60. The zero-order chi connectivity index (χ0) is 26.4. The van der Waals surface area contributed by atoms with Gasteiger partial charge in [0.2, 0.25) is 5.91 Å². The first kappa shape index (κ1) is 27.2. The first-order chi connectivity index (χ1) is 17.8. The fraction of sp³-hybridized carbons (Fsp3) is 0.393. The zero-order valence-corrected chi connectivity index (χ0v) is 22.8. The van der Waals surface area contributed by atoms with Crippen molar-refractivity contribution in [2.75, 3.05) is 32.2 Å². The molecule has 0 atom stereocenters. The number of carbonyl (C=O) groups is 1. The monoisotopic (exact) mass is 542 g/mol. The molecule has 0 saturated carbocycles. The van der Waals surface area contributed by atoms with Crippen molar-refractivity contribution in [1.29, 1.82) is 0 Å². The van der Waals surface area contributed by atoms with E-state index in [-0.39, 0.29) is 18.0 Å². The van der Waals surface area contributed by atoms with Crippen molar-refractivity contribution in [3.63, 3.8) is 0 Å². The van der Waals surface area contributed by atoms with Crippen LogP contribution in [0.15, 0.2) is 48.5 Å². The van der Waals surface area contributed by atoms with Crippen molar-refractivity contribution in [3.05, 3.63) is 69.7 Å². The largest absolute Gasteiger partial charge is 0.467 e. The SMILES string of the molecule is COc1nc(NCCc2ccc(Cl)cc2Cl)cc(-c2cccc(C(C)(C)C(=O)NC3CCOCC3)c2)n1. The number of nitrogens with one attached hydrogen (secondary N) is 2. The molecule has 2 heterocycles. The molecule has 1 aliphatic rings. The van der Waals surface area contributed by atoms with Gasteiger partial charge in [0.1, 0.15) is 5.82 Å². The van der Waals surface area contributed by atoms with Gasteiger partial charge < -0.3 is 20.1 Å². The van der Waals surface area contributed by atoms with Crippen molar-refractivity contribution in [2.45, 2.75) is 44.6 Å². The van der Waals surface area contributed by atoms with Crippen LogP contribution >= 0.6 is 23.2 Å². The van der Waals surface area contributed by atoms with E-state index >= 15 is 0 Å². The molecule has 4 rings (SSSR count). The highest BCUT2D eigenvalue weighted by molar-refractivity contribution is 6.35. The van der Waals surface area contributed by atoms with Gasteiger partial charge in [0.25, 0.3) is 0 Å². The summed E-state index contributed by atoms with van der Waals surface area (Å²) in [4.78, 5) is 22.2. The van der Waals surface area contributed by atoms with E-state index in [1.165, 1.54) is 7.11 Å². The Bertz CT molecular complexity index is 1250. The zero-order valence-electron chi connectivity index (χ0n) is 21.3. The number of rotatable bonds is 9. The predicted octanol–water partition coefficient (Wildman–Crippen LogP) is 5.69. The number of methoxy groups -OCH3 is 1. The molecule has 0 radical (unpaired) electrons. The molecule has 1 saturated heterocycles. The van der Waals surface area contributed by atoms with Gasteiger partial charge in [0.05, 0.1) is 18.2 Å². The molecule has 1 fully saturated rings. The summed E-state index contributed by atoms with van der Waals surface area (Å²) in [6.07, 6.45) is 2.37. The summed E-state index contributed by atoms with van der Waals surface area (Å²) in [5, 5.41) is 7.77. The van der Waals surface area contributed by atoms with Crippen LogP contribution in [-0.2, 0) is 21.4 Å². The second kappa shape index (κ2) is 12.1. The van der Waals surface area contributed by atoms with E-state index < -0.39 is 5.41 Å². The molecule has 0 aliphatic carbocycles. The van der Waals surface area contributed by atoms with Gasteiger partial charge in [-0.25, -0.2) is 0 Å². The van der Waals surface area contributed by atoms with Crippen molar-refractivity contribution >= 4 is 34.9 Å². The number of amides is 1. The number of hydrogen-bond acceptors (Lipinski definition) is 6. The van der Waals surface area contributed by atoms with Crippen molar-refractivity contribution < 1.29 is 14.3 Å². The number of aromatic nitrogens is 2. The van der Waals surface area contributed by atoms with E-state index in [0.717, 1.165) is 29.5 Å². The molecule has 1 amide bonds. The third-order valence-corrected chi connectivity index (χ3v) is 7.19. The fourth-order valence-electron chi connectivity index (χ4n) is 4.21. The number of ether oxygens (including phenoxy) is 2. The summed E-state index contributed by atoms with van der Waals surface area (Å²) in [5.74, 6) is 0.633. The van der Waals surface area contributed by atoms with E-state index in [1.807, 2.05) is 56.3 Å². The van der Waals surface area contributed by atoms with Crippen LogP contribution in [0, 0.1) is 0 Å². The van der Waals surface area contributed by atoms with Crippen molar-refractivity contribution in [1.82, 2.24) is 15.3 Å². The quantitative estimate of drug-likeness (QED) is 0.361. The lowest BCUT2D eigenvalue weighted by atomic mass is 9.82. The minimum absolute atomic E-state index is 0.0000315. The summed E-state index contributed by atoms with van der Waals surface area (Å²) in [6, 6.07) is 15.6. The van der Waals surface area contributed by atoms with Crippen molar-refractivity contribution in [2.24, 2.45) is 0 Å². The summed E-state index contributed by atoms with van der Waals surface area (Å²) in [5.41, 5.74) is 2.74. The normalized spacial score (nSPS) is 14.3. The molecular formula is C28H32Cl2N4O3. The fourth-order valence-corrected chi connectivity index (χ4v) is 4.71. The Morgan fingerprint density at radius 1 is 1.11 bits per heavy atom. The van der Waals surface area contributed by atoms with Gasteiger partial charge in [-0.05, 0) is 62.4 Å². The van der Waals surface area contributed by atoms with Gasteiger partial charge in [-0.15, -0.1) is 0 Å². The molecule has 3 aromatic rings. The van der Waals surface area contributed by atoms with Gasteiger partial charge in [0, 0.05) is 47.5 Å². The van der Waals surface area contributed by atoms with E-state index in [2.05, 4.69) is 20.6 Å². The molecule has 2 N–H and O–H groups in total. The smallest absolute Gasteiger partial charge is 0.318 e. The highest BCUT2D eigenvalue weighted by Gasteiger charge is 2.32. The van der Waals surface area contributed by atoms with Crippen LogP contribution in [0.1, 0.15) is 37.8 Å². The number of benzene rings is 2. The summed E-state index contributed by atoms with van der Waals surface area (Å²) in [6.45, 7) is 5.85. The minimum atomic E-state index is -0.718. The Morgan fingerprint density at radius 2 is 1.89 bits per heavy atom. The standard InChI is InChI=1S/C28H32Cl2N4O3/c1-28(2,26(35)32-22-10-13-37-14-11-22)20-6-4-5-19(15-20)24-17-25(34-27(33-24)36-3)31-12-9-18-7-8-21(29)16-23(18)30/h4-8,15-17,22H,9-14H2,1-3H3,(H,32,35)(H,31,33,34). The highest BCUT2D eigenvalue weighted by atomic mass is 35.5. The Hall–Kier alpha value is -2.87. The predicted molar refractivity (Wildman–Crippen MR) is 148 cm³/mol. The van der Waals surface area contributed by atoms with E-state index in [4.69, 9.17) is 32.7 Å². The topological polar surface area (TPSA) is 85.4 Å². The summed E-state index contributed by atoms with van der Waals surface area (Å²) >= 11 is 12.3. The molecule has 9 heteroatoms. The third kappa shape index (κ3) is 6.92. The Morgan fingerprint density at radius 3 is 2.62 bits per heavy atom. The minimum Gasteiger partial charge on any atom is -0.467 e. The number of nitrogens with zero attached hydrogens (tertiary/aromatic N) is 2. The van der Waals surface area contributed by atoms with Crippen LogP contribution in [0.5, 0.6) is 6.01 Å². The number of anilines is 1. The first-order valence-corrected chi connectivity index (χ1v) is 13.1. The summed E-state index contributed by atoms with van der Waals surface area (Å²) in [7, 11) is 1.54. The molecule has 0 unspecified atom stereocenters. The molecule has 0 bridgehead atoms. The average molecular weight is 543 g/mol. The van der Waals surface area contributed by atoms with E-state index in [0.29, 0.717) is 47.7 Å². The lowest BCUT2D eigenvalue weighted by Gasteiger charge is -2.30. The molecule has 2 aromatic carbocycles. The number of halogens is 2. The van der Waals surface area contributed by atoms with Crippen LogP contribution in [0.25, 0.3) is 11.3 Å². The molecule has 7 nitrogen and oxygen atoms in total. The second-order valence-corrected chi connectivity index (χ2v) is 10.4. The van der Waals surface area contributed by atoms with Crippen LogP contribution in [0.4, 0.5) is 5.82 Å². The maximum absolute atomic E-state index is 13.2. The Balaban J connectivity index is 1.50. The average Bonchev–Trinajstić information content (AvgIpc) is 2.90. The number of hydrogen-bond donors (Lipinski definition) is 2. The lowest BCUT2D eigenvalue weighted by Crippen LogP contribution is -2.47. The van der Waals surface area contributed by atoms with Crippen LogP contribution in [-0.4, -0.2) is 48.8 Å². The highest BCUT2D eigenvalue weighted by Crippen LogP contribution is 2.30. The van der Waals surface area contributed by atoms with Gasteiger partial charge in [0.15, 0.2) is 0 Å². The van der Waals surface area contributed by atoms with Crippen LogP contribution in [0.2, 0.25) is 10.0 Å². The van der Waals surface area contributed by atoms with Crippen molar-refractivity contribution in [3.8, 4) is 17.3 Å². The van der Waals surface area contributed by atoms with Gasteiger partial charge in [-0.2, -0.15) is 9.97 Å². The molecule has 37 heavy (non-hydrogen) atoms. The Labute approximate surface area is 227 Å². The van der Waals surface area contributed by atoms with E-state index in [9.17, 15) is 4.79 Å². The Kier molecular flexibility index (Phi) is 8.90. The van der Waals surface area contributed by atoms with Gasteiger partial charge >= 0.3 is 6.01 Å². The first-order valence-electron chi connectivity index (χ1n) is 12.4. The molecule has 196 valence electrons. The molecular weight excluding hydrogens is 511 g/mol. The molecule has 1 aliphatic heterocycles. The van der Waals surface area contributed by atoms with Crippen LogP contribution < -0.4 is 15.4 Å². The van der Waals surface area contributed by atoms with Gasteiger partial charge in [-0.1, -0.05) is 47.5 Å². The van der Waals surface area contributed by atoms with Crippen LogP contribution in [0.3, 0.4) is 0 Å².